The molecule has 132 valence electrons. The summed E-state index contributed by atoms with van der Waals surface area (Å²) in [5, 5.41) is 11.1. The fraction of sp³-hybridized carbons (Fsp3) is 0.389. The van der Waals surface area contributed by atoms with E-state index in [0.717, 1.165) is 17.0 Å². The average Bonchev–Trinajstić information content (AvgIpc) is 3.19. The molecule has 1 aliphatic heterocycles. The van der Waals surface area contributed by atoms with Crippen LogP contribution in [0, 0.1) is 12.8 Å². The van der Waals surface area contributed by atoms with Gasteiger partial charge in [0.15, 0.2) is 0 Å². The monoisotopic (exact) mass is 378 g/mol. The van der Waals surface area contributed by atoms with Crippen molar-refractivity contribution in [2.75, 3.05) is 13.1 Å². The highest BCUT2D eigenvalue weighted by atomic mass is 35.5. The zero-order chi connectivity index (χ0) is 18.1. The van der Waals surface area contributed by atoms with Crippen molar-refractivity contribution in [2.45, 2.75) is 26.2 Å². The molecule has 1 N–H and O–H groups in total. The van der Waals surface area contributed by atoms with Crippen molar-refractivity contribution in [3.05, 3.63) is 50.4 Å². The number of thiazole rings is 1. The smallest absolute Gasteiger partial charge is 0.308 e. The summed E-state index contributed by atoms with van der Waals surface area (Å²) in [6.07, 6.45) is 0.782. The van der Waals surface area contributed by atoms with E-state index in [9.17, 15) is 14.7 Å². The Hall–Kier alpha value is -1.92. The molecule has 2 atom stereocenters. The predicted molar refractivity (Wildman–Crippen MR) is 97.5 cm³/mol. The van der Waals surface area contributed by atoms with Gasteiger partial charge in [0.1, 0.15) is 4.88 Å². The van der Waals surface area contributed by atoms with Gasteiger partial charge in [-0.1, -0.05) is 30.7 Å². The third kappa shape index (κ3) is 3.55. The van der Waals surface area contributed by atoms with Gasteiger partial charge in [0.25, 0.3) is 5.91 Å². The van der Waals surface area contributed by atoms with Gasteiger partial charge in [-0.2, -0.15) is 0 Å². The molecule has 1 aromatic heterocycles. The van der Waals surface area contributed by atoms with Crippen LogP contribution in [0.2, 0.25) is 5.02 Å². The molecule has 5 nitrogen and oxygen atoms in total. The van der Waals surface area contributed by atoms with E-state index >= 15 is 0 Å². The minimum Gasteiger partial charge on any atom is -0.481 e. The Morgan fingerprint density at radius 1 is 1.32 bits per heavy atom. The minimum atomic E-state index is -0.884. The molecule has 1 fully saturated rings. The molecular formula is C18H19ClN2O3S. The number of amides is 1. The van der Waals surface area contributed by atoms with Crippen LogP contribution >= 0.6 is 22.9 Å². The molecule has 1 aliphatic rings. The Morgan fingerprint density at radius 3 is 2.56 bits per heavy atom. The van der Waals surface area contributed by atoms with E-state index in [0.29, 0.717) is 22.1 Å². The predicted octanol–water partition coefficient (Wildman–Crippen LogP) is 3.61. The number of aryl methyl sites for hydroxylation is 2. The van der Waals surface area contributed by atoms with Gasteiger partial charge in [0.05, 0.1) is 16.6 Å². The van der Waals surface area contributed by atoms with Crippen LogP contribution in [-0.2, 0) is 11.2 Å². The maximum absolute atomic E-state index is 12.9. The Balaban J connectivity index is 1.86. The maximum atomic E-state index is 12.9. The van der Waals surface area contributed by atoms with E-state index in [1.165, 1.54) is 11.3 Å². The van der Waals surface area contributed by atoms with Crippen LogP contribution in [0.1, 0.15) is 38.8 Å². The average molecular weight is 379 g/mol. The van der Waals surface area contributed by atoms with E-state index < -0.39 is 11.9 Å². The third-order valence-corrected chi connectivity index (χ3v) is 6.10. The number of likely N-dealkylation sites (tertiary alicyclic amines) is 1. The molecule has 25 heavy (non-hydrogen) atoms. The number of carboxylic acids is 1. The summed E-state index contributed by atoms with van der Waals surface area (Å²) in [6, 6.07) is 7.18. The van der Waals surface area contributed by atoms with Crippen LogP contribution < -0.4 is 0 Å². The number of carbonyl (C=O) groups is 2. The largest absolute Gasteiger partial charge is 0.481 e. The van der Waals surface area contributed by atoms with E-state index in [2.05, 4.69) is 4.98 Å². The Kier molecular flexibility index (Phi) is 5.11. The SMILES string of the molecule is CCc1nc(C)c(C(=O)N2C[C@@H](C(=O)O)[C@H](c3ccc(Cl)cc3)C2)s1. The van der Waals surface area contributed by atoms with Crippen LogP contribution in [0.25, 0.3) is 0 Å². The van der Waals surface area contributed by atoms with E-state index in [-0.39, 0.29) is 18.4 Å². The molecule has 0 bridgehead atoms. The van der Waals surface area contributed by atoms with Gasteiger partial charge < -0.3 is 10.0 Å². The lowest BCUT2D eigenvalue weighted by molar-refractivity contribution is -0.141. The fourth-order valence-corrected chi connectivity index (χ4v) is 4.31. The highest BCUT2D eigenvalue weighted by molar-refractivity contribution is 7.13. The maximum Gasteiger partial charge on any atom is 0.308 e. The second kappa shape index (κ2) is 7.14. The highest BCUT2D eigenvalue weighted by Crippen LogP contribution is 2.35. The summed E-state index contributed by atoms with van der Waals surface area (Å²) >= 11 is 7.32. The second-order valence-electron chi connectivity index (χ2n) is 6.19. The quantitative estimate of drug-likeness (QED) is 0.882. The molecule has 1 saturated heterocycles. The molecule has 7 heteroatoms. The summed E-state index contributed by atoms with van der Waals surface area (Å²) < 4.78 is 0. The molecule has 0 unspecified atom stereocenters. The molecule has 3 rings (SSSR count). The van der Waals surface area contributed by atoms with Crippen molar-refractivity contribution in [1.29, 1.82) is 0 Å². The van der Waals surface area contributed by atoms with Gasteiger partial charge >= 0.3 is 5.97 Å². The first kappa shape index (κ1) is 17.9. The van der Waals surface area contributed by atoms with E-state index in [1.807, 2.05) is 26.0 Å². The summed E-state index contributed by atoms with van der Waals surface area (Å²) in [7, 11) is 0. The molecule has 2 aromatic rings. The normalized spacial score (nSPS) is 20.0. The minimum absolute atomic E-state index is 0.127. The van der Waals surface area contributed by atoms with Gasteiger partial charge in [-0.3, -0.25) is 9.59 Å². The van der Waals surface area contributed by atoms with Crippen LogP contribution in [-0.4, -0.2) is 40.0 Å². The van der Waals surface area contributed by atoms with Crippen molar-refractivity contribution in [2.24, 2.45) is 5.92 Å². The number of rotatable bonds is 4. The van der Waals surface area contributed by atoms with E-state index in [4.69, 9.17) is 11.6 Å². The van der Waals surface area contributed by atoms with Crippen molar-refractivity contribution >= 4 is 34.8 Å². The molecule has 1 amide bonds. The summed E-state index contributed by atoms with van der Waals surface area (Å²) in [4.78, 5) is 31.2. The van der Waals surface area contributed by atoms with Gasteiger partial charge in [-0.15, -0.1) is 11.3 Å². The summed E-state index contributed by atoms with van der Waals surface area (Å²) in [5.74, 6) is -1.87. The second-order valence-corrected chi connectivity index (χ2v) is 7.71. The van der Waals surface area contributed by atoms with Crippen LogP contribution in [0.4, 0.5) is 0 Å². The highest BCUT2D eigenvalue weighted by Gasteiger charge is 2.41. The Morgan fingerprint density at radius 2 is 2.00 bits per heavy atom. The standard InChI is InChI=1S/C18H19ClN2O3S/c1-3-15-20-10(2)16(25-15)17(22)21-8-13(14(9-21)18(23)24)11-4-6-12(19)7-5-11/h4-7,13-14H,3,8-9H2,1-2H3,(H,23,24)/t13-,14+/m0/s1. The molecular weight excluding hydrogens is 360 g/mol. The molecule has 0 radical (unpaired) electrons. The van der Waals surface area contributed by atoms with Crippen molar-refractivity contribution < 1.29 is 14.7 Å². The molecule has 0 aliphatic carbocycles. The number of hydrogen-bond acceptors (Lipinski definition) is 4. The fourth-order valence-electron chi connectivity index (χ4n) is 3.21. The van der Waals surface area contributed by atoms with Gasteiger partial charge in [0, 0.05) is 24.0 Å². The van der Waals surface area contributed by atoms with Crippen molar-refractivity contribution in [1.82, 2.24) is 9.88 Å². The van der Waals surface area contributed by atoms with Crippen LogP contribution in [0.15, 0.2) is 24.3 Å². The molecule has 1 aromatic carbocycles. The molecule has 0 saturated carbocycles. The number of carboxylic acid groups (broad SMARTS) is 1. The lowest BCUT2D eigenvalue weighted by Crippen LogP contribution is -2.29. The first-order chi connectivity index (χ1) is 11.9. The summed E-state index contributed by atoms with van der Waals surface area (Å²) in [5.41, 5.74) is 1.61. The summed E-state index contributed by atoms with van der Waals surface area (Å²) in [6.45, 7) is 4.42. The number of nitrogens with zero attached hydrogens (tertiary/aromatic N) is 2. The third-order valence-electron chi connectivity index (χ3n) is 4.56. The lowest BCUT2D eigenvalue weighted by atomic mass is 9.89. The topological polar surface area (TPSA) is 70.5 Å². The van der Waals surface area contributed by atoms with Crippen LogP contribution in [0.5, 0.6) is 0 Å². The van der Waals surface area contributed by atoms with Crippen molar-refractivity contribution in [3.8, 4) is 0 Å². The van der Waals surface area contributed by atoms with Crippen LogP contribution in [0.3, 0.4) is 0 Å². The molecule has 2 heterocycles. The number of aromatic nitrogens is 1. The van der Waals surface area contributed by atoms with Crippen molar-refractivity contribution in [3.63, 3.8) is 0 Å². The first-order valence-electron chi connectivity index (χ1n) is 8.14. The van der Waals surface area contributed by atoms with Gasteiger partial charge in [0.2, 0.25) is 0 Å². The van der Waals surface area contributed by atoms with Gasteiger partial charge in [-0.25, -0.2) is 4.98 Å². The van der Waals surface area contributed by atoms with Gasteiger partial charge in [-0.05, 0) is 31.0 Å². The van der Waals surface area contributed by atoms with E-state index in [1.54, 1.807) is 17.0 Å². The number of benzene rings is 1. The zero-order valence-electron chi connectivity index (χ0n) is 14.0. The lowest BCUT2D eigenvalue weighted by Gasteiger charge is -2.16. The first-order valence-corrected chi connectivity index (χ1v) is 9.34. The molecule has 0 spiro atoms. The zero-order valence-corrected chi connectivity index (χ0v) is 15.6. The number of carbonyl (C=O) groups excluding carboxylic acids is 1. The Bertz CT molecular complexity index is 803. The number of hydrogen-bond donors (Lipinski definition) is 1. The number of halogens is 1. The number of aliphatic carboxylic acids is 1. The Labute approximate surface area is 155 Å².